The van der Waals surface area contributed by atoms with Gasteiger partial charge >= 0.3 is 0 Å². The molecule has 2 heterocycles. The van der Waals surface area contributed by atoms with Gasteiger partial charge in [-0.2, -0.15) is 11.8 Å². The van der Waals surface area contributed by atoms with Gasteiger partial charge in [0.1, 0.15) is 5.75 Å². The molecule has 2 aliphatic heterocycles. The Hall–Kier alpha value is -2.02. The number of thioether (sulfide) groups is 1. The van der Waals surface area contributed by atoms with Crippen LogP contribution in [0.4, 0.5) is 0 Å². The number of ether oxygens (including phenoxy) is 1. The van der Waals surface area contributed by atoms with Gasteiger partial charge in [0.15, 0.2) is 0 Å². The van der Waals surface area contributed by atoms with Crippen LogP contribution in [0.3, 0.4) is 0 Å². The van der Waals surface area contributed by atoms with E-state index in [2.05, 4.69) is 0 Å². The first-order valence-corrected chi connectivity index (χ1v) is 10.6. The zero-order chi connectivity index (χ0) is 19.0. The highest BCUT2D eigenvalue weighted by atomic mass is 32.2. The van der Waals surface area contributed by atoms with Gasteiger partial charge < -0.3 is 9.64 Å². The Morgan fingerprint density at radius 2 is 1.85 bits per heavy atom. The normalized spacial score (nSPS) is 25.8. The molecule has 7 heteroatoms. The molecule has 6 nitrogen and oxygen atoms in total. The van der Waals surface area contributed by atoms with Crippen LogP contribution in [0.2, 0.25) is 0 Å². The summed E-state index contributed by atoms with van der Waals surface area (Å²) < 4.78 is 5.22. The molecule has 2 saturated heterocycles. The number of carbonyl (C=O) groups is 3. The van der Waals surface area contributed by atoms with Gasteiger partial charge in [-0.15, -0.1) is 0 Å². The van der Waals surface area contributed by atoms with Crippen molar-refractivity contribution in [2.24, 2.45) is 0 Å². The molecular formula is C20H24N2O4S. The Morgan fingerprint density at radius 1 is 1.19 bits per heavy atom. The van der Waals surface area contributed by atoms with Crippen LogP contribution in [0.15, 0.2) is 24.3 Å². The molecule has 3 fully saturated rings. The molecule has 1 atom stereocenters. The van der Waals surface area contributed by atoms with Crippen LogP contribution in [0.25, 0.3) is 0 Å². The van der Waals surface area contributed by atoms with Crippen molar-refractivity contribution in [2.45, 2.75) is 37.1 Å². The highest BCUT2D eigenvalue weighted by Crippen LogP contribution is 2.44. The molecule has 0 bridgehead atoms. The van der Waals surface area contributed by atoms with Crippen molar-refractivity contribution in [3.8, 4) is 5.75 Å². The molecule has 1 aromatic carbocycles. The van der Waals surface area contributed by atoms with Crippen molar-refractivity contribution in [3.63, 3.8) is 0 Å². The van der Waals surface area contributed by atoms with Crippen LogP contribution in [0.1, 0.15) is 31.2 Å². The maximum Gasteiger partial charge on any atom is 0.241 e. The van der Waals surface area contributed by atoms with Crippen molar-refractivity contribution in [1.29, 1.82) is 0 Å². The van der Waals surface area contributed by atoms with Crippen molar-refractivity contribution in [1.82, 2.24) is 9.80 Å². The van der Waals surface area contributed by atoms with Crippen LogP contribution in [-0.4, -0.2) is 65.3 Å². The summed E-state index contributed by atoms with van der Waals surface area (Å²) in [6.07, 6.45) is 1.86. The van der Waals surface area contributed by atoms with Crippen LogP contribution in [0, 0.1) is 0 Å². The average molecular weight is 388 g/mol. The monoisotopic (exact) mass is 388 g/mol. The lowest BCUT2D eigenvalue weighted by molar-refractivity contribution is -0.143. The van der Waals surface area contributed by atoms with Crippen molar-refractivity contribution < 1.29 is 19.1 Å². The molecule has 0 radical (unpaired) electrons. The summed E-state index contributed by atoms with van der Waals surface area (Å²) in [5, 5.41) is 0. The van der Waals surface area contributed by atoms with Gasteiger partial charge in [0.05, 0.1) is 12.5 Å². The van der Waals surface area contributed by atoms with Gasteiger partial charge in [0.2, 0.25) is 17.7 Å². The van der Waals surface area contributed by atoms with Gasteiger partial charge in [0, 0.05) is 43.5 Å². The quantitative estimate of drug-likeness (QED) is 0.720. The first-order chi connectivity index (χ1) is 13.0. The van der Waals surface area contributed by atoms with E-state index in [1.54, 1.807) is 19.2 Å². The van der Waals surface area contributed by atoms with Gasteiger partial charge in [-0.25, -0.2) is 0 Å². The number of methoxy groups -OCH3 is 1. The standard InChI is InChI=1S/C20H24N2O4S/c1-26-16-6-2-14(3-7-16)20(12-17(23)21-8-10-27-11-9-21)13-18(24)22(19(20)25)15-4-5-15/h2-3,6-7,15H,4-5,8-13H2,1H3. The molecule has 4 rings (SSSR count). The molecule has 1 aromatic rings. The average Bonchev–Trinajstić information content (AvgIpc) is 3.49. The topological polar surface area (TPSA) is 66.9 Å². The summed E-state index contributed by atoms with van der Waals surface area (Å²) in [4.78, 5) is 42.3. The van der Waals surface area contributed by atoms with E-state index in [9.17, 15) is 14.4 Å². The molecular weight excluding hydrogens is 364 g/mol. The largest absolute Gasteiger partial charge is 0.497 e. The number of benzene rings is 1. The summed E-state index contributed by atoms with van der Waals surface area (Å²) in [6.45, 7) is 1.41. The predicted molar refractivity (Wildman–Crippen MR) is 103 cm³/mol. The zero-order valence-electron chi connectivity index (χ0n) is 15.5. The SMILES string of the molecule is COc1ccc(C2(CC(=O)N3CCSCC3)CC(=O)N(C3CC3)C2=O)cc1. The Balaban J connectivity index is 1.67. The lowest BCUT2D eigenvalue weighted by atomic mass is 9.75. The van der Waals surface area contributed by atoms with Crippen LogP contribution < -0.4 is 4.74 Å². The first kappa shape index (κ1) is 18.3. The first-order valence-electron chi connectivity index (χ1n) is 9.42. The fourth-order valence-corrected chi connectivity index (χ4v) is 4.93. The summed E-state index contributed by atoms with van der Waals surface area (Å²) >= 11 is 1.83. The van der Waals surface area contributed by atoms with Crippen molar-refractivity contribution in [2.75, 3.05) is 31.7 Å². The van der Waals surface area contributed by atoms with E-state index in [4.69, 9.17) is 4.74 Å². The number of hydrogen-bond acceptors (Lipinski definition) is 5. The minimum atomic E-state index is -1.09. The smallest absolute Gasteiger partial charge is 0.241 e. The Bertz CT molecular complexity index is 756. The van der Waals surface area contributed by atoms with E-state index in [0.29, 0.717) is 18.8 Å². The molecule has 1 aliphatic carbocycles. The van der Waals surface area contributed by atoms with Crippen molar-refractivity contribution in [3.05, 3.63) is 29.8 Å². The predicted octanol–water partition coefficient (Wildman–Crippen LogP) is 1.82. The van der Waals surface area contributed by atoms with E-state index in [1.165, 1.54) is 4.90 Å². The highest BCUT2D eigenvalue weighted by molar-refractivity contribution is 7.99. The van der Waals surface area contributed by atoms with E-state index in [0.717, 1.165) is 29.9 Å². The van der Waals surface area contributed by atoms with Crippen molar-refractivity contribution >= 4 is 29.5 Å². The minimum absolute atomic E-state index is 0.0200. The Kier molecular flexibility index (Phi) is 4.88. The van der Waals surface area contributed by atoms with E-state index >= 15 is 0 Å². The summed E-state index contributed by atoms with van der Waals surface area (Å²) in [6, 6.07) is 7.24. The summed E-state index contributed by atoms with van der Waals surface area (Å²) in [7, 11) is 1.59. The highest BCUT2D eigenvalue weighted by Gasteiger charge is 2.57. The van der Waals surface area contributed by atoms with Gasteiger partial charge in [-0.05, 0) is 30.5 Å². The number of carbonyl (C=O) groups excluding carboxylic acids is 3. The zero-order valence-corrected chi connectivity index (χ0v) is 16.3. The van der Waals surface area contributed by atoms with Crippen LogP contribution in [-0.2, 0) is 19.8 Å². The lowest BCUT2D eigenvalue weighted by Crippen LogP contribution is -2.45. The molecule has 27 heavy (non-hydrogen) atoms. The van der Waals surface area contributed by atoms with E-state index in [-0.39, 0.29) is 36.6 Å². The molecule has 144 valence electrons. The fraction of sp³-hybridized carbons (Fsp3) is 0.550. The number of hydrogen-bond donors (Lipinski definition) is 0. The lowest BCUT2D eigenvalue weighted by Gasteiger charge is -2.32. The van der Waals surface area contributed by atoms with E-state index in [1.807, 2.05) is 28.8 Å². The van der Waals surface area contributed by atoms with Crippen LogP contribution in [0.5, 0.6) is 5.75 Å². The number of rotatable bonds is 5. The molecule has 3 aliphatic rings. The Morgan fingerprint density at radius 3 is 2.44 bits per heavy atom. The maximum atomic E-state index is 13.4. The van der Waals surface area contributed by atoms with Crippen LogP contribution >= 0.6 is 11.8 Å². The maximum absolute atomic E-state index is 13.4. The fourth-order valence-electron chi connectivity index (χ4n) is 4.02. The second-order valence-electron chi connectivity index (χ2n) is 7.46. The molecule has 0 N–H and O–H groups in total. The number of imide groups is 1. The molecule has 3 amide bonds. The Labute approximate surface area is 163 Å². The third-order valence-electron chi connectivity index (χ3n) is 5.72. The summed E-state index contributed by atoms with van der Waals surface area (Å²) in [5.41, 5.74) is -0.363. The second kappa shape index (κ2) is 7.19. The molecule has 1 unspecified atom stereocenters. The summed E-state index contributed by atoms with van der Waals surface area (Å²) in [5.74, 6) is 2.12. The minimum Gasteiger partial charge on any atom is -0.497 e. The van der Waals surface area contributed by atoms with Gasteiger partial charge in [-0.1, -0.05) is 12.1 Å². The third kappa shape index (κ3) is 3.33. The van der Waals surface area contributed by atoms with E-state index < -0.39 is 5.41 Å². The number of likely N-dealkylation sites (tertiary alicyclic amines) is 1. The number of nitrogens with zero attached hydrogens (tertiary/aromatic N) is 2. The third-order valence-corrected chi connectivity index (χ3v) is 6.66. The number of amides is 3. The van der Waals surface area contributed by atoms with Gasteiger partial charge in [-0.3, -0.25) is 19.3 Å². The molecule has 0 aromatic heterocycles. The van der Waals surface area contributed by atoms with Gasteiger partial charge in [0.25, 0.3) is 0 Å². The molecule has 0 spiro atoms. The second-order valence-corrected chi connectivity index (χ2v) is 8.68. The molecule has 1 saturated carbocycles.